The van der Waals surface area contributed by atoms with E-state index in [9.17, 15) is 10.5 Å². The molecule has 6 aromatic carbocycles. The minimum Gasteiger partial charge on any atom is -0.310 e. The Morgan fingerprint density at radius 1 is 0.490 bits per heavy atom. The summed E-state index contributed by atoms with van der Waals surface area (Å²) in [5.41, 5.74) is 13.2. The maximum absolute atomic E-state index is 10.4. The first kappa shape index (κ1) is 32.3. The van der Waals surface area contributed by atoms with E-state index in [-0.39, 0.29) is 5.41 Å². The van der Waals surface area contributed by atoms with Crippen LogP contribution < -0.4 is 4.90 Å². The first-order chi connectivity index (χ1) is 25.1. The van der Waals surface area contributed by atoms with Gasteiger partial charge in [0.2, 0.25) is 0 Å². The highest BCUT2D eigenvalue weighted by molar-refractivity contribution is 5.92. The van der Waals surface area contributed by atoms with Crippen LogP contribution in [0.25, 0.3) is 11.1 Å². The van der Waals surface area contributed by atoms with Crippen molar-refractivity contribution >= 4 is 17.1 Å². The molecule has 1 heterocycles. The van der Waals surface area contributed by atoms with Gasteiger partial charge in [-0.15, -0.1) is 0 Å². The van der Waals surface area contributed by atoms with Crippen molar-refractivity contribution in [1.82, 2.24) is 0 Å². The Bertz CT molecular complexity index is 2210. The largest absolute Gasteiger partial charge is 0.310 e. The van der Waals surface area contributed by atoms with Crippen LogP contribution in [0.3, 0.4) is 0 Å². The molecule has 0 radical (unpaired) electrons. The summed E-state index contributed by atoms with van der Waals surface area (Å²) in [6.45, 7) is 4.54. The zero-order valence-corrected chi connectivity index (χ0v) is 29.4. The lowest BCUT2D eigenvalue weighted by atomic mass is 9.50. The Balaban J connectivity index is 1.50. The molecule has 51 heavy (non-hydrogen) atoms. The van der Waals surface area contributed by atoms with E-state index in [4.69, 9.17) is 0 Å². The second kappa shape index (κ2) is 13.1. The van der Waals surface area contributed by atoms with Crippen molar-refractivity contribution in [2.24, 2.45) is 0 Å². The molecule has 0 fully saturated rings. The Labute approximate surface area is 302 Å². The molecule has 6 aromatic rings. The number of anilines is 3. The van der Waals surface area contributed by atoms with Crippen LogP contribution in [0.15, 0.2) is 140 Å². The molecule has 8 rings (SSSR count). The molecule has 0 saturated heterocycles. The molecule has 1 spiro atoms. The third-order valence-electron chi connectivity index (χ3n) is 11.4. The van der Waals surface area contributed by atoms with Crippen molar-refractivity contribution in [3.05, 3.63) is 184 Å². The van der Waals surface area contributed by atoms with E-state index in [2.05, 4.69) is 158 Å². The van der Waals surface area contributed by atoms with Gasteiger partial charge in [-0.25, -0.2) is 0 Å². The molecule has 0 atom stereocenters. The van der Waals surface area contributed by atoms with Crippen LogP contribution in [-0.4, -0.2) is 0 Å². The van der Waals surface area contributed by atoms with Gasteiger partial charge in [0, 0.05) is 11.1 Å². The first-order valence-electron chi connectivity index (χ1n) is 18.4. The third kappa shape index (κ3) is 4.92. The summed E-state index contributed by atoms with van der Waals surface area (Å²) in [6.07, 6.45) is 6.40. The van der Waals surface area contributed by atoms with Crippen LogP contribution in [-0.2, 0) is 10.8 Å². The van der Waals surface area contributed by atoms with Gasteiger partial charge < -0.3 is 4.90 Å². The van der Waals surface area contributed by atoms with E-state index in [0.717, 1.165) is 83.4 Å². The second-order valence-electron chi connectivity index (χ2n) is 14.1. The van der Waals surface area contributed by atoms with Gasteiger partial charge in [-0.2, -0.15) is 10.5 Å². The van der Waals surface area contributed by atoms with E-state index in [0.29, 0.717) is 11.1 Å². The number of rotatable bonds is 8. The van der Waals surface area contributed by atoms with Crippen molar-refractivity contribution in [2.45, 2.75) is 63.2 Å². The molecule has 0 aromatic heterocycles. The highest BCUT2D eigenvalue weighted by Crippen LogP contribution is 2.64. The van der Waals surface area contributed by atoms with Crippen molar-refractivity contribution in [1.29, 1.82) is 10.5 Å². The highest BCUT2D eigenvalue weighted by Gasteiger charge is 2.55. The standard InChI is InChI=1S/C48H41N3/c1-3-5-27-47(28-6-4-2)39-25-23-34(32-49)29-43(39)48(44-30-35(33-50)24-26-40(44)47)41-19-10-12-21-45(41)51(46-22-13-11-20-42(46)48)38-18-14-17-37(31-38)36-15-8-7-9-16-36/h7-26,29-31H,3-6,27-28H2,1-2H3. The van der Waals surface area contributed by atoms with E-state index < -0.39 is 5.41 Å². The van der Waals surface area contributed by atoms with E-state index in [1.165, 1.54) is 16.7 Å². The predicted molar refractivity (Wildman–Crippen MR) is 208 cm³/mol. The summed E-state index contributed by atoms with van der Waals surface area (Å²) >= 11 is 0. The van der Waals surface area contributed by atoms with E-state index in [1.807, 2.05) is 12.1 Å². The second-order valence-corrected chi connectivity index (χ2v) is 14.1. The zero-order chi connectivity index (χ0) is 35.0. The Morgan fingerprint density at radius 3 is 1.53 bits per heavy atom. The summed E-state index contributed by atoms with van der Waals surface area (Å²) in [5.74, 6) is 0. The minimum absolute atomic E-state index is 0.241. The molecule has 2 aliphatic rings. The van der Waals surface area contributed by atoms with Gasteiger partial charge in [-0.3, -0.25) is 0 Å². The van der Waals surface area contributed by atoms with Gasteiger partial charge >= 0.3 is 0 Å². The van der Waals surface area contributed by atoms with Gasteiger partial charge in [0.25, 0.3) is 0 Å². The SMILES string of the molecule is CCCCC1(CCCC)c2ccc(C#N)cc2C2(c3ccccc3N(c3cccc(-c4ccccc4)c3)c3ccccc32)c2cc(C#N)ccc21. The molecule has 0 bridgehead atoms. The molecule has 0 saturated carbocycles. The van der Waals surface area contributed by atoms with Gasteiger partial charge in [0.15, 0.2) is 0 Å². The Kier molecular flexibility index (Phi) is 8.30. The summed E-state index contributed by atoms with van der Waals surface area (Å²) in [5, 5.41) is 20.8. The number of benzene rings is 6. The molecule has 248 valence electrons. The highest BCUT2D eigenvalue weighted by atomic mass is 15.2. The normalized spacial score (nSPS) is 14.4. The predicted octanol–water partition coefficient (Wildman–Crippen LogP) is 12.2. The number of hydrogen-bond donors (Lipinski definition) is 0. The van der Waals surface area contributed by atoms with Gasteiger partial charge in [-0.05, 0) is 106 Å². The topological polar surface area (TPSA) is 50.8 Å². The maximum atomic E-state index is 10.4. The van der Waals surface area contributed by atoms with Crippen LogP contribution in [0.2, 0.25) is 0 Å². The van der Waals surface area contributed by atoms with Crippen LogP contribution in [0, 0.1) is 22.7 Å². The molecule has 1 aliphatic heterocycles. The van der Waals surface area contributed by atoms with Crippen molar-refractivity contribution < 1.29 is 0 Å². The third-order valence-corrected chi connectivity index (χ3v) is 11.4. The molecule has 0 amide bonds. The van der Waals surface area contributed by atoms with Gasteiger partial charge in [0.05, 0.1) is 40.1 Å². The lowest BCUT2D eigenvalue weighted by Gasteiger charge is -2.54. The van der Waals surface area contributed by atoms with Gasteiger partial charge in [-0.1, -0.05) is 131 Å². The van der Waals surface area contributed by atoms with E-state index >= 15 is 0 Å². The Morgan fingerprint density at radius 2 is 1.00 bits per heavy atom. The fraction of sp³-hybridized carbons (Fsp3) is 0.208. The van der Waals surface area contributed by atoms with Crippen LogP contribution in [0.1, 0.15) is 96.9 Å². The number of hydrogen-bond acceptors (Lipinski definition) is 3. The number of fused-ring (bicyclic) bond motifs is 8. The number of para-hydroxylation sites is 2. The van der Waals surface area contributed by atoms with Crippen molar-refractivity contribution in [3.63, 3.8) is 0 Å². The molecular weight excluding hydrogens is 619 g/mol. The smallest absolute Gasteiger partial charge is 0.0991 e. The summed E-state index contributed by atoms with van der Waals surface area (Å²) in [7, 11) is 0. The fourth-order valence-corrected chi connectivity index (χ4v) is 9.15. The van der Waals surface area contributed by atoms with Crippen LogP contribution in [0.4, 0.5) is 17.1 Å². The average Bonchev–Trinajstić information content (AvgIpc) is 3.20. The number of unbranched alkanes of at least 4 members (excludes halogenated alkanes) is 2. The Hall–Kier alpha value is -5.90. The van der Waals surface area contributed by atoms with Crippen LogP contribution >= 0.6 is 0 Å². The summed E-state index contributed by atoms with van der Waals surface area (Å²) < 4.78 is 0. The van der Waals surface area contributed by atoms with Crippen molar-refractivity contribution in [2.75, 3.05) is 4.90 Å². The molecule has 3 nitrogen and oxygen atoms in total. The monoisotopic (exact) mass is 659 g/mol. The first-order valence-corrected chi connectivity index (χ1v) is 18.4. The summed E-state index contributed by atoms with van der Waals surface area (Å²) in [6, 6.07) is 54.8. The lowest BCUT2D eigenvalue weighted by Crippen LogP contribution is -2.47. The molecule has 1 aliphatic carbocycles. The summed E-state index contributed by atoms with van der Waals surface area (Å²) in [4.78, 5) is 2.40. The average molecular weight is 660 g/mol. The molecule has 0 N–H and O–H groups in total. The zero-order valence-electron chi connectivity index (χ0n) is 29.4. The molecule has 0 unspecified atom stereocenters. The lowest BCUT2D eigenvalue weighted by molar-refractivity contribution is 0.383. The van der Waals surface area contributed by atoms with E-state index in [1.54, 1.807) is 0 Å². The molecule has 3 heteroatoms. The van der Waals surface area contributed by atoms with Gasteiger partial charge in [0.1, 0.15) is 0 Å². The van der Waals surface area contributed by atoms with Crippen molar-refractivity contribution in [3.8, 4) is 23.3 Å². The van der Waals surface area contributed by atoms with Crippen LogP contribution in [0.5, 0.6) is 0 Å². The number of nitriles is 2. The maximum Gasteiger partial charge on any atom is 0.0991 e. The molecular formula is C48H41N3. The number of nitrogens with zero attached hydrogens (tertiary/aromatic N) is 3. The fourth-order valence-electron chi connectivity index (χ4n) is 9.15. The quantitative estimate of drug-likeness (QED) is 0.163. The minimum atomic E-state index is -0.757.